The summed E-state index contributed by atoms with van der Waals surface area (Å²) in [5.41, 5.74) is 0.771. The molecule has 2 N–H and O–H groups in total. The molecule has 0 saturated carbocycles. The van der Waals surface area contributed by atoms with Crippen LogP contribution in [0.15, 0.2) is 12.1 Å². The Morgan fingerprint density at radius 1 is 1.43 bits per heavy atom. The standard InChI is InChI=1S/C15H22ClNO4/c1-5-12(15(18)19)21-14-10(8-17-9(2)3)6-11(16)7-13(14)20-4/h6-7,9,12,17H,5,8H2,1-4H3,(H,18,19). The molecule has 0 aliphatic carbocycles. The molecule has 0 radical (unpaired) electrons. The van der Waals surface area contributed by atoms with E-state index >= 15 is 0 Å². The lowest BCUT2D eigenvalue weighted by atomic mass is 10.1. The SMILES string of the molecule is CCC(Oc1c(CNC(C)C)cc(Cl)cc1OC)C(=O)O. The second-order valence-electron chi connectivity index (χ2n) is 4.98. The minimum atomic E-state index is -1.00. The minimum absolute atomic E-state index is 0.282. The van der Waals surface area contributed by atoms with E-state index in [0.717, 1.165) is 5.56 Å². The van der Waals surface area contributed by atoms with Crippen molar-refractivity contribution in [3.05, 3.63) is 22.7 Å². The maximum Gasteiger partial charge on any atom is 0.344 e. The summed E-state index contributed by atoms with van der Waals surface area (Å²) in [7, 11) is 1.50. The molecule has 0 bridgehead atoms. The van der Waals surface area contributed by atoms with Gasteiger partial charge in [-0.05, 0) is 12.5 Å². The summed E-state index contributed by atoms with van der Waals surface area (Å²) in [6.07, 6.45) is -0.559. The second-order valence-corrected chi connectivity index (χ2v) is 5.42. The summed E-state index contributed by atoms with van der Waals surface area (Å²) in [6.45, 7) is 6.32. The van der Waals surface area contributed by atoms with Crippen molar-refractivity contribution >= 4 is 17.6 Å². The van der Waals surface area contributed by atoms with Crippen LogP contribution < -0.4 is 14.8 Å². The maximum atomic E-state index is 11.2. The molecule has 0 spiro atoms. The number of ether oxygens (including phenoxy) is 2. The molecule has 0 saturated heterocycles. The fourth-order valence-corrected chi connectivity index (χ4v) is 2.03. The number of carbonyl (C=O) groups is 1. The van der Waals surface area contributed by atoms with Crippen molar-refractivity contribution in [1.82, 2.24) is 5.32 Å². The third kappa shape index (κ3) is 5.10. The molecule has 1 rings (SSSR count). The summed E-state index contributed by atoms with van der Waals surface area (Å²) in [5, 5.41) is 12.9. The lowest BCUT2D eigenvalue weighted by Gasteiger charge is -2.20. The number of benzene rings is 1. The molecule has 118 valence electrons. The van der Waals surface area contributed by atoms with E-state index in [1.54, 1.807) is 19.1 Å². The highest BCUT2D eigenvalue weighted by Gasteiger charge is 2.22. The minimum Gasteiger partial charge on any atom is -0.493 e. The van der Waals surface area contributed by atoms with Gasteiger partial charge in [-0.3, -0.25) is 0 Å². The molecular formula is C15H22ClNO4. The van der Waals surface area contributed by atoms with Gasteiger partial charge in [-0.1, -0.05) is 32.4 Å². The van der Waals surface area contributed by atoms with Gasteiger partial charge in [0, 0.05) is 29.2 Å². The van der Waals surface area contributed by atoms with Gasteiger partial charge in [0.1, 0.15) is 0 Å². The van der Waals surface area contributed by atoms with Gasteiger partial charge in [-0.15, -0.1) is 0 Å². The summed E-state index contributed by atoms with van der Waals surface area (Å²) in [6, 6.07) is 3.65. The molecule has 0 heterocycles. The van der Waals surface area contributed by atoms with E-state index in [0.29, 0.717) is 29.5 Å². The first-order chi connectivity index (χ1) is 9.88. The number of carboxylic acid groups (broad SMARTS) is 1. The topological polar surface area (TPSA) is 67.8 Å². The van der Waals surface area contributed by atoms with E-state index in [1.807, 2.05) is 13.8 Å². The zero-order valence-corrected chi connectivity index (χ0v) is 13.5. The number of methoxy groups -OCH3 is 1. The number of nitrogens with one attached hydrogen (secondary N) is 1. The van der Waals surface area contributed by atoms with E-state index in [9.17, 15) is 4.79 Å². The fourth-order valence-electron chi connectivity index (χ4n) is 1.80. The molecule has 0 fully saturated rings. The van der Waals surface area contributed by atoms with Gasteiger partial charge in [-0.25, -0.2) is 4.79 Å². The van der Waals surface area contributed by atoms with E-state index < -0.39 is 12.1 Å². The smallest absolute Gasteiger partial charge is 0.344 e. The lowest BCUT2D eigenvalue weighted by molar-refractivity contribution is -0.145. The number of halogens is 1. The average molecular weight is 316 g/mol. The third-order valence-electron chi connectivity index (χ3n) is 2.92. The maximum absolute atomic E-state index is 11.2. The molecule has 5 nitrogen and oxygen atoms in total. The Labute approximate surface area is 130 Å². The van der Waals surface area contributed by atoms with Crippen LogP contribution >= 0.6 is 11.6 Å². The van der Waals surface area contributed by atoms with Crippen LogP contribution in [0, 0.1) is 0 Å². The Morgan fingerprint density at radius 3 is 2.57 bits per heavy atom. The molecule has 0 aromatic heterocycles. The molecular weight excluding hydrogens is 294 g/mol. The van der Waals surface area contributed by atoms with Crippen LogP contribution in [-0.2, 0) is 11.3 Å². The van der Waals surface area contributed by atoms with Crippen molar-refractivity contribution in [2.75, 3.05) is 7.11 Å². The third-order valence-corrected chi connectivity index (χ3v) is 3.14. The summed E-state index contributed by atoms with van der Waals surface area (Å²) in [5.74, 6) is -0.149. The molecule has 0 amide bonds. The molecule has 21 heavy (non-hydrogen) atoms. The Morgan fingerprint density at radius 2 is 2.10 bits per heavy atom. The van der Waals surface area contributed by atoms with Crippen molar-refractivity contribution < 1.29 is 19.4 Å². The number of hydrogen-bond donors (Lipinski definition) is 2. The first-order valence-electron chi connectivity index (χ1n) is 6.88. The monoisotopic (exact) mass is 315 g/mol. The normalized spacial score (nSPS) is 12.3. The van der Waals surface area contributed by atoms with Crippen LogP contribution in [0.5, 0.6) is 11.5 Å². The second kappa shape index (κ2) is 8.10. The van der Waals surface area contributed by atoms with E-state index in [2.05, 4.69) is 5.32 Å². The van der Waals surface area contributed by atoms with Crippen LogP contribution in [0.1, 0.15) is 32.8 Å². The average Bonchev–Trinajstić information content (AvgIpc) is 2.42. The van der Waals surface area contributed by atoms with Gasteiger partial charge in [-0.2, -0.15) is 0 Å². The van der Waals surface area contributed by atoms with Crippen molar-refractivity contribution in [3.8, 4) is 11.5 Å². The van der Waals surface area contributed by atoms with Gasteiger partial charge in [0.2, 0.25) is 0 Å². The highest BCUT2D eigenvalue weighted by atomic mass is 35.5. The predicted molar refractivity (Wildman–Crippen MR) is 82.3 cm³/mol. The Balaban J connectivity index is 3.14. The van der Waals surface area contributed by atoms with E-state index in [-0.39, 0.29) is 6.04 Å². The van der Waals surface area contributed by atoms with Crippen molar-refractivity contribution in [3.63, 3.8) is 0 Å². The van der Waals surface area contributed by atoms with Crippen LogP contribution in [-0.4, -0.2) is 30.3 Å². The van der Waals surface area contributed by atoms with E-state index in [4.69, 9.17) is 26.2 Å². The van der Waals surface area contributed by atoms with Crippen molar-refractivity contribution in [2.45, 2.75) is 45.9 Å². The van der Waals surface area contributed by atoms with Gasteiger partial charge in [0.25, 0.3) is 0 Å². The number of rotatable bonds is 8. The molecule has 1 atom stereocenters. The fraction of sp³-hybridized carbons (Fsp3) is 0.533. The highest BCUT2D eigenvalue weighted by molar-refractivity contribution is 6.30. The Kier molecular flexibility index (Phi) is 6.78. The van der Waals surface area contributed by atoms with Crippen LogP contribution in [0.3, 0.4) is 0 Å². The summed E-state index contributed by atoms with van der Waals surface area (Å²) < 4.78 is 10.9. The van der Waals surface area contributed by atoms with Gasteiger partial charge < -0.3 is 19.9 Å². The zero-order chi connectivity index (χ0) is 16.0. The molecule has 1 aromatic carbocycles. The highest BCUT2D eigenvalue weighted by Crippen LogP contribution is 2.35. The Bertz CT molecular complexity index is 491. The van der Waals surface area contributed by atoms with Gasteiger partial charge in [0.05, 0.1) is 7.11 Å². The van der Waals surface area contributed by atoms with Crippen LogP contribution in [0.25, 0.3) is 0 Å². The summed E-state index contributed by atoms with van der Waals surface area (Å²) >= 11 is 6.07. The largest absolute Gasteiger partial charge is 0.493 e. The first-order valence-corrected chi connectivity index (χ1v) is 7.26. The first kappa shape index (κ1) is 17.6. The lowest BCUT2D eigenvalue weighted by Crippen LogP contribution is -2.28. The Hall–Kier alpha value is -1.46. The predicted octanol–water partition coefficient (Wildman–Crippen LogP) is 3.09. The van der Waals surface area contributed by atoms with Crippen LogP contribution in [0.2, 0.25) is 5.02 Å². The number of aliphatic carboxylic acids is 1. The van der Waals surface area contributed by atoms with Gasteiger partial charge >= 0.3 is 5.97 Å². The number of hydrogen-bond acceptors (Lipinski definition) is 4. The zero-order valence-electron chi connectivity index (χ0n) is 12.8. The van der Waals surface area contributed by atoms with Gasteiger partial charge in [0.15, 0.2) is 17.6 Å². The quantitative estimate of drug-likeness (QED) is 0.771. The number of carboxylic acids is 1. The van der Waals surface area contributed by atoms with Crippen molar-refractivity contribution in [2.24, 2.45) is 0 Å². The molecule has 6 heteroatoms. The van der Waals surface area contributed by atoms with E-state index in [1.165, 1.54) is 7.11 Å². The summed E-state index contributed by atoms with van der Waals surface area (Å²) in [4.78, 5) is 11.2. The molecule has 1 unspecified atom stereocenters. The van der Waals surface area contributed by atoms with Crippen LogP contribution in [0.4, 0.5) is 0 Å². The van der Waals surface area contributed by atoms with Crippen molar-refractivity contribution in [1.29, 1.82) is 0 Å². The molecule has 0 aliphatic rings. The molecule has 0 aliphatic heterocycles. The molecule has 1 aromatic rings.